The Morgan fingerprint density at radius 3 is 2.66 bits per heavy atom. The van der Waals surface area contributed by atoms with Gasteiger partial charge in [0, 0.05) is 43.2 Å². The molecule has 1 N–H and O–H groups in total. The first-order chi connectivity index (χ1) is 15.4. The molecule has 2 unspecified atom stereocenters. The number of alkyl halides is 1. The Balaban J connectivity index is 1.35. The SMILES string of the molecule is C[C@@H]1CC2C[C@H](N(C)c3ccc(-c4ccc(-n5ccnc5)cc4O)nn3)[C@@H](F)C(C1)N2C. The molecule has 0 amide bonds. The molecule has 0 saturated carbocycles. The maximum atomic E-state index is 15.5. The number of phenolic OH excluding ortho intramolecular Hbond substituents is 1. The molecular formula is C24H29FN6O. The molecule has 0 spiro atoms. The van der Waals surface area contributed by atoms with Crippen LogP contribution in [0.1, 0.15) is 26.2 Å². The monoisotopic (exact) mass is 436 g/mol. The summed E-state index contributed by atoms with van der Waals surface area (Å²) in [6, 6.07) is 9.22. The number of nitrogens with zero attached hydrogens (tertiary/aromatic N) is 6. The van der Waals surface area contributed by atoms with Gasteiger partial charge in [-0.25, -0.2) is 9.37 Å². The van der Waals surface area contributed by atoms with E-state index in [2.05, 4.69) is 34.1 Å². The molecule has 168 valence electrons. The summed E-state index contributed by atoms with van der Waals surface area (Å²) in [6.45, 7) is 2.23. The van der Waals surface area contributed by atoms with E-state index >= 15 is 4.39 Å². The second-order valence-electron chi connectivity index (χ2n) is 9.27. The standard InChI is InChI=1S/C24H29FN6O/c1-15-10-17-12-21(24(25)20(11-15)29(17)2)30(3)23-7-6-19(27-28-23)18-5-4-16(13-22(18)32)31-9-8-26-14-31/h4-9,13-15,17,20-21,24,32H,10-12H2,1-3H3/t15-,17?,20?,21+,24+/m1/s1. The number of hydrogen-bond acceptors (Lipinski definition) is 6. The number of aromatic nitrogens is 4. The number of aromatic hydroxyl groups is 1. The van der Waals surface area contributed by atoms with Crippen LogP contribution >= 0.6 is 0 Å². The molecule has 2 aliphatic heterocycles. The average Bonchev–Trinajstić information content (AvgIpc) is 3.32. The number of anilines is 1. The fourth-order valence-corrected chi connectivity index (χ4v) is 5.37. The predicted molar refractivity (Wildman–Crippen MR) is 122 cm³/mol. The molecule has 0 aliphatic carbocycles. The minimum absolute atomic E-state index is 0.0388. The van der Waals surface area contributed by atoms with Crippen LogP contribution in [0, 0.1) is 5.92 Å². The Bertz CT molecular complexity index is 1070. The third-order valence-electron chi connectivity index (χ3n) is 7.24. The summed E-state index contributed by atoms with van der Waals surface area (Å²) in [6.07, 6.45) is 7.05. The number of halogens is 1. The Kier molecular flexibility index (Phi) is 5.33. The molecular weight excluding hydrogens is 407 g/mol. The molecule has 4 heterocycles. The lowest BCUT2D eigenvalue weighted by Gasteiger charge is -2.52. The minimum atomic E-state index is -0.926. The van der Waals surface area contributed by atoms with Gasteiger partial charge < -0.3 is 14.6 Å². The smallest absolute Gasteiger partial charge is 0.151 e. The van der Waals surface area contributed by atoms with Crippen molar-refractivity contribution >= 4 is 5.82 Å². The molecule has 7 nitrogen and oxygen atoms in total. The van der Waals surface area contributed by atoms with Gasteiger partial charge in [-0.1, -0.05) is 6.92 Å². The Morgan fingerprint density at radius 2 is 1.97 bits per heavy atom. The van der Waals surface area contributed by atoms with E-state index in [4.69, 9.17) is 0 Å². The average molecular weight is 437 g/mol. The predicted octanol–water partition coefficient (Wildman–Crippen LogP) is 3.68. The number of hydrogen-bond donors (Lipinski definition) is 1. The zero-order chi connectivity index (χ0) is 22.4. The number of piperidine rings is 2. The lowest BCUT2D eigenvalue weighted by atomic mass is 9.76. The quantitative estimate of drug-likeness (QED) is 0.673. The van der Waals surface area contributed by atoms with Gasteiger partial charge in [0.1, 0.15) is 11.9 Å². The van der Waals surface area contributed by atoms with Crippen LogP contribution < -0.4 is 4.90 Å². The van der Waals surface area contributed by atoms with Gasteiger partial charge >= 0.3 is 0 Å². The molecule has 2 aliphatic rings. The minimum Gasteiger partial charge on any atom is -0.507 e. The fraction of sp³-hybridized carbons (Fsp3) is 0.458. The van der Waals surface area contributed by atoms with E-state index in [-0.39, 0.29) is 17.8 Å². The molecule has 2 fully saturated rings. The van der Waals surface area contributed by atoms with Crippen molar-refractivity contribution in [3.63, 3.8) is 0 Å². The van der Waals surface area contributed by atoms with Gasteiger partial charge in [0.05, 0.1) is 23.8 Å². The molecule has 3 aromatic rings. The van der Waals surface area contributed by atoms with Crippen LogP contribution in [0.5, 0.6) is 5.75 Å². The summed E-state index contributed by atoms with van der Waals surface area (Å²) >= 11 is 0. The van der Waals surface area contributed by atoms with Crippen molar-refractivity contribution in [2.24, 2.45) is 5.92 Å². The third kappa shape index (κ3) is 3.62. The van der Waals surface area contributed by atoms with Crippen LogP contribution in [-0.4, -0.2) is 68.1 Å². The van der Waals surface area contributed by atoms with E-state index in [1.807, 2.05) is 47.0 Å². The van der Waals surface area contributed by atoms with E-state index in [9.17, 15) is 5.11 Å². The topological polar surface area (TPSA) is 70.3 Å². The summed E-state index contributed by atoms with van der Waals surface area (Å²) in [5.41, 5.74) is 1.98. The number of fused-ring (bicyclic) bond motifs is 2. The van der Waals surface area contributed by atoms with Crippen molar-refractivity contribution < 1.29 is 9.50 Å². The molecule has 32 heavy (non-hydrogen) atoms. The van der Waals surface area contributed by atoms with Crippen molar-refractivity contribution in [2.45, 2.75) is 50.5 Å². The molecule has 5 atom stereocenters. The number of rotatable bonds is 4. The van der Waals surface area contributed by atoms with Crippen molar-refractivity contribution in [3.8, 4) is 22.7 Å². The third-order valence-corrected chi connectivity index (χ3v) is 7.24. The summed E-state index contributed by atoms with van der Waals surface area (Å²) in [4.78, 5) is 8.20. The molecule has 0 radical (unpaired) electrons. The highest BCUT2D eigenvalue weighted by atomic mass is 19.1. The van der Waals surface area contributed by atoms with Gasteiger partial charge in [-0.3, -0.25) is 4.90 Å². The molecule has 1 aromatic carbocycles. The lowest BCUT2D eigenvalue weighted by Crippen LogP contribution is -2.63. The molecule has 2 saturated heterocycles. The zero-order valence-corrected chi connectivity index (χ0v) is 18.6. The first-order valence-corrected chi connectivity index (χ1v) is 11.2. The van der Waals surface area contributed by atoms with Gasteiger partial charge in [0.25, 0.3) is 0 Å². The summed E-state index contributed by atoms with van der Waals surface area (Å²) in [7, 11) is 3.96. The lowest BCUT2D eigenvalue weighted by molar-refractivity contribution is -0.0242. The zero-order valence-electron chi connectivity index (χ0n) is 18.6. The van der Waals surface area contributed by atoms with Crippen molar-refractivity contribution in [2.75, 3.05) is 19.0 Å². The highest BCUT2D eigenvalue weighted by Gasteiger charge is 2.47. The van der Waals surface area contributed by atoms with Crippen molar-refractivity contribution in [1.82, 2.24) is 24.6 Å². The first kappa shape index (κ1) is 20.9. The van der Waals surface area contributed by atoms with E-state index in [0.29, 0.717) is 29.0 Å². The van der Waals surface area contributed by atoms with Gasteiger partial charge in [0.2, 0.25) is 0 Å². The van der Waals surface area contributed by atoms with Crippen LogP contribution in [0.15, 0.2) is 49.1 Å². The van der Waals surface area contributed by atoms with Gasteiger partial charge in [-0.15, -0.1) is 10.2 Å². The van der Waals surface area contributed by atoms with Crippen LogP contribution in [-0.2, 0) is 0 Å². The van der Waals surface area contributed by atoms with E-state index < -0.39 is 6.17 Å². The second-order valence-corrected chi connectivity index (χ2v) is 9.27. The number of imidazole rings is 1. The second kappa shape index (κ2) is 8.16. The maximum absolute atomic E-state index is 15.5. The molecule has 5 rings (SSSR count). The van der Waals surface area contributed by atoms with Gasteiger partial charge in [0.15, 0.2) is 5.82 Å². The van der Waals surface area contributed by atoms with Crippen LogP contribution in [0.4, 0.5) is 10.2 Å². The molecule has 8 heteroatoms. The highest BCUT2D eigenvalue weighted by molar-refractivity contribution is 5.69. The Labute approximate surface area is 187 Å². The number of benzene rings is 1. The summed E-state index contributed by atoms with van der Waals surface area (Å²) < 4.78 is 17.3. The van der Waals surface area contributed by atoms with Crippen LogP contribution in [0.25, 0.3) is 16.9 Å². The highest BCUT2D eigenvalue weighted by Crippen LogP contribution is 2.39. The Hall–Kier alpha value is -3.00. The number of phenols is 1. The van der Waals surface area contributed by atoms with Crippen LogP contribution in [0.3, 0.4) is 0 Å². The van der Waals surface area contributed by atoms with Gasteiger partial charge in [-0.05, 0) is 56.5 Å². The maximum Gasteiger partial charge on any atom is 0.151 e. The fourth-order valence-electron chi connectivity index (χ4n) is 5.37. The molecule has 2 aromatic heterocycles. The van der Waals surface area contributed by atoms with Gasteiger partial charge in [-0.2, -0.15) is 0 Å². The largest absolute Gasteiger partial charge is 0.507 e. The Morgan fingerprint density at radius 1 is 1.12 bits per heavy atom. The molecule has 2 bridgehead atoms. The summed E-state index contributed by atoms with van der Waals surface area (Å²) in [5, 5.41) is 19.2. The van der Waals surface area contributed by atoms with Crippen molar-refractivity contribution in [1.29, 1.82) is 0 Å². The van der Waals surface area contributed by atoms with E-state index in [0.717, 1.165) is 24.9 Å². The first-order valence-electron chi connectivity index (χ1n) is 11.2. The summed E-state index contributed by atoms with van der Waals surface area (Å²) in [5.74, 6) is 1.33. The normalized spacial score (nSPS) is 27.9. The van der Waals surface area contributed by atoms with Crippen LogP contribution in [0.2, 0.25) is 0 Å². The van der Waals surface area contributed by atoms with E-state index in [1.54, 1.807) is 18.6 Å². The van der Waals surface area contributed by atoms with Crippen molar-refractivity contribution in [3.05, 3.63) is 49.1 Å². The van der Waals surface area contributed by atoms with E-state index in [1.165, 1.54) is 0 Å².